The van der Waals surface area contributed by atoms with Gasteiger partial charge in [-0.2, -0.15) is 39.5 Å². The Bertz CT molecular complexity index is 1220. The predicted octanol–water partition coefficient (Wildman–Crippen LogP) is 5.70. The van der Waals surface area contributed by atoms with Gasteiger partial charge in [0.2, 0.25) is 0 Å². The van der Waals surface area contributed by atoms with Crippen LogP contribution in [0.3, 0.4) is 0 Å². The van der Waals surface area contributed by atoms with Gasteiger partial charge in [-0.3, -0.25) is 14.5 Å². The molecule has 1 N–H and O–H groups in total. The zero-order chi connectivity index (χ0) is 32.7. The fraction of sp³-hybridized carbons (Fsp3) is 0.667. The van der Waals surface area contributed by atoms with E-state index >= 15 is 0 Å². The number of carbonyl (C=O) groups is 3. The fourth-order valence-corrected chi connectivity index (χ4v) is 6.21. The molecule has 3 saturated heterocycles. The lowest BCUT2D eigenvalue weighted by Gasteiger charge is -2.45. The Balaban J connectivity index is 1.50. The third-order valence-corrected chi connectivity index (χ3v) is 8.60. The van der Waals surface area contributed by atoms with Crippen molar-refractivity contribution in [3.63, 3.8) is 0 Å². The van der Waals surface area contributed by atoms with E-state index in [1.165, 1.54) is 4.90 Å². The summed E-state index contributed by atoms with van der Waals surface area (Å²) in [4.78, 5) is 41.3. The number of carboxylic acids is 1. The molecule has 3 fully saturated rings. The summed E-state index contributed by atoms with van der Waals surface area (Å²) < 4.78 is 122. The molecule has 0 saturated carbocycles. The van der Waals surface area contributed by atoms with E-state index in [9.17, 15) is 59.0 Å². The fourth-order valence-electron chi connectivity index (χ4n) is 6.21. The molecule has 0 aliphatic carbocycles. The van der Waals surface area contributed by atoms with E-state index in [2.05, 4.69) is 4.74 Å². The largest absolute Gasteiger partial charge is 0.481 e. The third-order valence-electron chi connectivity index (χ3n) is 8.60. The topological polar surface area (TPSA) is 90.4 Å². The first kappa shape index (κ1) is 33.6. The minimum absolute atomic E-state index is 0.000307. The highest BCUT2D eigenvalue weighted by Gasteiger charge is 2.60. The molecule has 0 unspecified atom stereocenters. The Labute approximate surface area is 245 Å². The quantitative estimate of drug-likeness (QED) is 0.413. The van der Waals surface area contributed by atoms with Crippen molar-refractivity contribution in [1.82, 2.24) is 14.7 Å². The second-order valence-corrected chi connectivity index (χ2v) is 11.4. The van der Waals surface area contributed by atoms with Crippen LogP contribution in [0.4, 0.5) is 44.3 Å². The van der Waals surface area contributed by atoms with Crippen molar-refractivity contribution in [2.75, 3.05) is 32.7 Å². The zero-order valence-corrected chi connectivity index (χ0v) is 23.2. The number of piperidine rings is 2. The molecule has 4 rings (SSSR count). The first-order valence-corrected chi connectivity index (χ1v) is 13.9. The van der Waals surface area contributed by atoms with Gasteiger partial charge in [0.15, 0.2) is 0 Å². The van der Waals surface area contributed by atoms with Crippen LogP contribution < -0.4 is 0 Å². The van der Waals surface area contributed by atoms with E-state index in [-0.39, 0.29) is 50.1 Å². The number of ether oxygens (including phenoxy) is 1. The summed E-state index contributed by atoms with van der Waals surface area (Å²) in [5, 5.41) is 9.24. The first-order chi connectivity index (χ1) is 20.3. The van der Waals surface area contributed by atoms with Gasteiger partial charge >= 0.3 is 30.6 Å². The maximum Gasteiger partial charge on any atom is 0.434 e. The molecule has 2 amide bonds. The standard InChI is InChI=1S/C27H30F9N3O5/c28-25(29,30)18-2-3-19(17(14-18)15-37-10-4-16(5-11-37)21(41)42)20(40)39-9-1-6-24(39)7-12-38(13-8-24)23(43)44-22(26(31,32)33)27(34,35)36/h2-3,14,16,22H,1,4-13,15H2,(H,41,42). The SMILES string of the molecule is O=C(O)C1CCN(Cc2cc(C(F)(F)F)ccc2C(=O)N2CCCC23CCN(C(=O)OC(C(F)(F)F)C(F)(F)F)CC3)CC1. The van der Waals surface area contributed by atoms with Crippen molar-refractivity contribution < 1.29 is 63.7 Å². The third kappa shape index (κ3) is 7.34. The smallest absolute Gasteiger partial charge is 0.434 e. The van der Waals surface area contributed by atoms with E-state index in [0.717, 1.165) is 18.2 Å². The lowest BCUT2D eigenvalue weighted by molar-refractivity contribution is -0.308. The van der Waals surface area contributed by atoms with Crippen LogP contribution in [0.25, 0.3) is 0 Å². The summed E-state index contributed by atoms with van der Waals surface area (Å²) in [5.74, 6) is -2.12. The lowest BCUT2D eigenvalue weighted by atomic mass is 9.84. The Morgan fingerprint density at radius 3 is 2.00 bits per heavy atom. The molecule has 3 aliphatic rings. The highest BCUT2D eigenvalue weighted by molar-refractivity contribution is 5.96. The van der Waals surface area contributed by atoms with Crippen LogP contribution in [0.1, 0.15) is 60.0 Å². The molecule has 8 nitrogen and oxygen atoms in total. The van der Waals surface area contributed by atoms with Crippen LogP contribution in [0.2, 0.25) is 0 Å². The van der Waals surface area contributed by atoms with E-state index in [1.54, 1.807) is 4.90 Å². The number of hydrogen-bond acceptors (Lipinski definition) is 5. The molecular formula is C27H30F9N3O5. The minimum Gasteiger partial charge on any atom is -0.481 e. The lowest BCUT2D eigenvalue weighted by Crippen LogP contribution is -2.56. The molecular weight excluding hydrogens is 617 g/mol. The van der Waals surface area contributed by atoms with Crippen LogP contribution >= 0.6 is 0 Å². The van der Waals surface area contributed by atoms with Gasteiger partial charge in [0.05, 0.1) is 11.5 Å². The molecule has 17 heteroatoms. The van der Waals surface area contributed by atoms with Gasteiger partial charge in [-0.25, -0.2) is 4.79 Å². The predicted molar refractivity (Wildman–Crippen MR) is 133 cm³/mol. The number of likely N-dealkylation sites (tertiary alicyclic amines) is 3. The number of carbonyl (C=O) groups excluding carboxylic acids is 2. The number of carboxylic acid groups (broad SMARTS) is 1. The maximum absolute atomic E-state index is 13.9. The van der Waals surface area contributed by atoms with Crippen molar-refractivity contribution in [1.29, 1.82) is 0 Å². The van der Waals surface area contributed by atoms with E-state index < -0.39 is 59.6 Å². The van der Waals surface area contributed by atoms with Gasteiger partial charge in [-0.1, -0.05) is 0 Å². The second kappa shape index (κ2) is 12.3. The van der Waals surface area contributed by atoms with Crippen LogP contribution in [-0.2, 0) is 22.3 Å². The van der Waals surface area contributed by atoms with Gasteiger partial charge in [0.25, 0.3) is 12.0 Å². The molecule has 0 atom stereocenters. The number of aliphatic carboxylic acids is 1. The van der Waals surface area contributed by atoms with Crippen molar-refractivity contribution in [2.45, 2.75) is 75.2 Å². The second-order valence-electron chi connectivity index (χ2n) is 11.4. The minimum atomic E-state index is -5.87. The van der Waals surface area contributed by atoms with Crippen LogP contribution in [0.15, 0.2) is 18.2 Å². The summed E-state index contributed by atoms with van der Waals surface area (Å²) in [6.45, 7) is 0.149. The summed E-state index contributed by atoms with van der Waals surface area (Å²) in [5.41, 5.74) is -1.80. The molecule has 3 heterocycles. The van der Waals surface area contributed by atoms with Crippen molar-refractivity contribution in [2.24, 2.45) is 5.92 Å². The number of nitrogens with zero attached hydrogens (tertiary/aromatic N) is 3. The van der Waals surface area contributed by atoms with Crippen LogP contribution in [-0.4, -0.2) is 94.5 Å². The average molecular weight is 648 g/mol. The van der Waals surface area contributed by atoms with Gasteiger partial charge in [-0.05, 0) is 75.4 Å². The van der Waals surface area contributed by atoms with E-state index in [1.807, 2.05) is 0 Å². The van der Waals surface area contributed by atoms with Gasteiger partial charge in [0.1, 0.15) is 0 Å². The highest BCUT2D eigenvalue weighted by Crippen LogP contribution is 2.41. The van der Waals surface area contributed by atoms with Gasteiger partial charge in [-0.15, -0.1) is 0 Å². The van der Waals surface area contributed by atoms with Crippen molar-refractivity contribution in [3.8, 4) is 0 Å². The molecule has 1 aromatic rings. The van der Waals surface area contributed by atoms with Crippen molar-refractivity contribution >= 4 is 18.0 Å². The number of hydrogen-bond donors (Lipinski definition) is 1. The normalized spacial score (nSPS) is 20.4. The number of alkyl halides is 9. The van der Waals surface area contributed by atoms with E-state index in [4.69, 9.17) is 0 Å². The van der Waals surface area contributed by atoms with Crippen LogP contribution in [0, 0.1) is 5.92 Å². The number of rotatable bonds is 5. The Morgan fingerprint density at radius 1 is 0.886 bits per heavy atom. The maximum atomic E-state index is 13.9. The Hall–Kier alpha value is -3.24. The van der Waals surface area contributed by atoms with Gasteiger partial charge < -0.3 is 19.6 Å². The summed E-state index contributed by atoms with van der Waals surface area (Å²) in [7, 11) is 0. The number of halogens is 9. The van der Waals surface area contributed by atoms with Gasteiger partial charge in [0, 0.05) is 37.3 Å². The first-order valence-electron chi connectivity index (χ1n) is 13.9. The number of amides is 2. The molecule has 44 heavy (non-hydrogen) atoms. The summed E-state index contributed by atoms with van der Waals surface area (Å²) >= 11 is 0. The molecule has 0 radical (unpaired) electrons. The molecule has 1 spiro atoms. The van der Waals surface area contributed by atoms with Crippen molar-refractivity contribution in [3.05, 3.63) is 34.9 Å². The molecule has 246 valence electrons. The number of benzene rings is 1. The Kier molecular flexibility index (Phi) is 9.39. The highest BCUT2D eigenvalue weighted by atomic mass is 19.4. The monoisotopic (exact) mass is 647 g/mol. The zero-order valence-electron chi connectivity index (χ0n) is 23.2. The molecule has 0 aromatic heterocycles. The average Bonchev–Trinajstić information content (AvgIpc) is 3.32. The summed E-state index contributed by atoms with van der Waals surface area (Å²) in [6.07, 6.45) is -21.0. The molecule has 1 aromatic carbocycles. The Morgan fingerprint density at radius 2 is 1.48 bits per heavy atom. The molecule has 0 bridgehead atoms. The molecule has 3 aliphatic heterocycles. The van der Waals surface area contributed by atoms with Crippen LogP contribution in [0.5, 0.6) is 0 Å². The van der Waals surface area contributed by atoms with E-state index in [0.29, 0.717) is 43.7 Å². The summed E-state index contributed by atoms with van der Waals surface area (Å²) in [6, 6.07) is 2.75.